The summed E-state index contributed by atoms with van der Waals surface area (Å²) >= 11 is 0. The highest BCUT2D eigenvalue weighted by molar-refractivity contribution is 5.79. The number of nitriles is 1. The Labute approximate surface area is 227 Å². The molecule has 1 unspecified atom stereocenters. The summed E-state index contributed by atoms with van der Waals surface area (Å²) in [6, 6.07) is 23.6. The molecule has 2 fully saturated rings. The molecule has 1 amide bonds. The van der Waals surface area contributed by atoms with Crippen LogP contribution in [-0.4, -0.2) is 60.5 Å². The molecular formula is C32H39N5O. The number of amides is 1. The fraction of sp³-hybridized carbons (Fsp3) is 0.406. The number of carbonyl (C=O) groups is 1. The Kier molecular flexibility index (Phi) is 9.15. The van der Waals surface area contributed by atoms with Gasteiger partial charge in [-0.3, -0.25) is 9.69 Å². The van der Waals surface area contributed by atoms with E-state index in [1.54, 1.807) is 0 Å². The molecule has 0 aliphatic carbocycles. The van der Waals surface area contributed by atoms with E-state index in [4.69, 9.17) is 10.2 Å². The monoisotopic (exact) mass is 509 g/mol. The van der Waals surface area contributed by atoms with Gasteiger partial charge in [-0.15, -0.1) is 0 Å². The third-order valence-electron chi connectivity index (χ3n) is 7.70. The second kappa shape index (κ2) is 12.7. The maximum absolute atomic E-state index is 13.0. The van der Waals surface area contributed by atoms with Crippen LogP contribution < -0.4 is 4.90 Å². The van der Waals surface area contributed by atoms with Crippen molar-refractivity contribution in [3.63, 3.8) is 0 Å². The summed E-state index contributed by atoms with van der Waals surface area (Å²) in [6.07, 6.45) is 2.85. The maximum atomic E-state index is 13.0. The number of hydrogen-bond donors (Lipinski definition) is 0. The van der Waals surface area contributed by atoms with Crippen LogP contribution in [0.5, 0.6) is 0 Å². The summed E-state index contributed by atoms with van der Waals surface area (Å²) in [5, 5.41) is 6.50. The third kappa shape index (κ3) is 6.06. The minimum atomic E-state index is 0.215. The van der Waals surface area contributed by atoms with Gasteiger partial charge in [-0.1, -0.05) is 74.5 Å². The molecule has 6 nitrogen and oxygen atoms in total. The first-order valence-corrected chi connectivity index (χ1v) is 13.6. The molecule has 3 heterocycles. The van der Waals surface area contributed by atoms with Gasteiger partial charge in [-0.2, -0.15) is 0 Å². The van der Waals surface area contributed by atoms with Crippen molar-refractivity contribution in [3.8, 4) is 17.7 Å². The van der Waals surface area contributed by atoms with E-state index in [-0.39, 0.29) is 5.91 Å². The molecule has 2 aliphatic rings. The lowest BCUT2D eigenvalue weighted by molar-refractivity contribution is -0.130. The number of hydrogen-bond acceptors (Lipinski definition) is 5. The van der Waals surface area contributed by atoms with Crippen LogP contribution in [0.15, 0.2) is 66.7 Å². The molecule has 0 saturated carbocycles. The van der Waals surface area contributed by atoms with Gasteiger partial charge in [0.1, 0.15) is 5.82 Å². The highest BCUT2D eigenvalue weighted by atomic mass is 16.2. The number of aromatic nitrogens is 1. The van der Waals surface area contributed by atoms with Gasteiger partial charge in [0.2, 0.25) is 5.91 Å². The van der Waals surface area contributed by atoms with E-state index in [0.717, 1.165) is 56.2 Å². The topological polar surface area (TPSA) is 63.5 Å². The van der Waals surface area contributed by atoms with E-state index in [2.05, 4.69) is 73.7 Å². The normalized spacial score (nSPS) is 17.8. The lowest BCUT2D eigenvalue weighted by Crippen LogP contribution is -2.50. The van der Waals surface area contributed by atoms with Crippen molar-refractivity contribution in [2.45, 2.75) is 45.1 Å². The molecular weight excluding hydrogens is 470 g/mol. The number of carbonyl (C=O) groups excluding carboxylic acids is 1. The van der Waals surface area contributed by atoms with Gasteiger partial charge >= 0.3 is 0 Å². The number of benzene rings is 2. The largest absolute Gasteiger partial charge is 0.353 e. The molecule has 198 valence electrons. The quantitative estimate of drug-likeness (QED) is 0.428. The molecule has 38 heavy (non-hydrogen) atoms. The first-order chi connectivity index (χ1) is 18.5. The fourth-order valence-electron chi connectivity index (χ4n) is 5.67. The Morgan fingerprint density at radius 1 is 0.974 bits per heavy atom. The highest BCUT2D eigenvalue weighted by Crippen LogP contribution is 2.40. The van der Waals surface area contributed by atoms with E-state index in [0.29, 0.717) is 18.4 Å². The van der Waals surface area contributed by atoms with Crippen molar-refractivity contribution in [2.24, 2.45) is 0 Å². The number of rotatable bonds is 6. The predicted octanol–water partition coefficient (Wildman–Crippen LogP) is 5.67. The Bertz CT molecular complexity index is 1220. The number of anilines is 1. The lowest BCUT2D eigenvalue weighted by atomic mass is 9.93. The van der Waals surface area contributed by atoms with Crippen molar-refractivity contribution < 1.29 is 4.79 Å². The summed E-state index contributed by atoms with van der Waals surface area (Å²) in [7, 11) is 2.24. The minimum absolute atomic E-state index is 0.215. The average Bonchev–Trinajstić information content (AvgIpc) is 3.40. The fourth-order valence-corrected chi connectivity index (χ4v) is 5.67. The summed E-state index contributed by atoms with van der Waals surface area (Å²) in [4.78, 5) is 25.3. The molecule has 1 aromatic heterocycles. The zero-order valence-electron chi connectivity index (χ0n) is 22.9. The molecule has 3 aromatic rings. The molecule has 2 saturated heterocycles. The van der Waals surface area contributed by atoms with Crippen LogP contribution in [0.25, 0.3) is 11.1 Å². The van der Waals surface area contributed by atoms with Crippen LogP contribution in [-0.2, 0) is 11.2 Å². The Balaban J connectivity index is 0.00000164. The van der Waals surface area contributed by atoms with E-state index in [9.17, 15) is 4.79 Å². The van der Waals surface area contributed by atoms with Crippen LogP contribution in [0.2, 0.25) is 0 Å². The first kappa shape index (κ1) is 27.3. The molecule has 5 rings (SSSR count). The number of pyridine rings is 1. The average molecular weight is 510 g/mol. The summed E-state index contributed by atoms with van der Waals surface area (Å²) in [6.45, 7) is 12.2. The van der Waals surface area contributed by atoms with E-state index < -0.39 is 0 Å². The van der Waals surface area contributed by atoms with Gasteiger partial charge in [0.25, 0.3) is 0 Å². The maximum Gasteiger partial charge on any atom is 0.227 e. The SMILES string of the molecule is C#N.CC(C)c1nc(N2CCN(C(=O)Cc3ccccc3)CC2)c(C2CCCN2C)cc1-c1ccccc1. The third-order valence-corrected chi connectivity index (χ3v) is 7.70. The Hall–Kier alpha value is -3.69. The molecule has 1 atom stereocenters. The van der Waals surface area contributed by atoms with Gasteiger partial charge < -0.3 is 9.80 Å². The van der Waals surface area contributed by atoms with E-state index in [1.807, 2.05) is 35.2 Å². The lowest BCUT2D eigenvalue weighted by Gasteiger charge is -2.38. The molecule has 2 aromatic carbocycles. The first-order valence-electron chi connectivity index (χ1n) is 13.6. The standard InChI is InChI=1S/C31H38N4O.CHN/c1-23(2)30-26(25-13-8-5-9-14-25)22-27(28-15-10-16-33(28)3)31(32-30)35-19-17-34(18-20-35)29(36)21-24-11-6-4-7-12-24;1-2/h4-9,11-14,22-23,28H,10,15-21H2,1-3H3;1H. The van der Waals surface area contributed by atoms with Crippen LogP contribution >= 0.6 is 0 Å². The molecule has 0 bridgehead atoms. The van der Waals surface area contributed by atoms with Crippen molar-refractivity contribution in [3.05, 3.63) is 83.6 Å². The van der Waals surface area contributed by atoms with Gasteiger partial charge in [0.05, 0.1) is 12.1 Å². The van der Waals surface area contributed by atoms with E-state index in [1.165, 1.54) is 23.1 Å². The summed E-state index contributed by atoms with van der Waals surface area (Å²) in [5.74, 6) is 1.65. The number of nitrogens with zero attached hydrogens (tertiary/aromatic N) is 5. The summed E-state index contributed by atoms with van der Waals surface area (Å²) in [5.41, 5.74) is 6.06. The van der Waals surface area contributed by atoms with Crippen LogP contribution in [0.1, 0.15) is 55.5 Å². The molecule has 2 aliphatic heterocycles. The predicted molar refractivity (Wildman–Crippen MR) is 154 cm³/mol. The van der Waals surface area contributed by atoms with Gasteiger partial charge in [-0.05, 0) is 49.5 Å². The zero-order valence-corrected chi connectivity index (χ0v) is 22.9. The van der Waals surface area contributed by atoms with Crippen LogP contribution in [0.4, 0.5) is 5.82 Å². The van der Waals surface area contributed by atoms with Gasteiger partial charge in [0, 0.05) is 49.9 Å². The van der Waals surface area contributed by atoms with Crippen LogP contribution in [0, 0.1) is 11.8 Å². The van der Waals surface area contributed by atoms with Gasteiger partial charge in [-0.25, -0.2) is 10.2 Å². The van der Waals surface area contributed by atoms with Gasteiger partial charge in [0.15, 0.2) is 0 Å². The molecule has 0 spiro atoms. The molecule has 0 N–H and O–H groups in total. The Morgan fingerprint density at radius 3 is 2.18 bits per heavy atom. The number of likely N-dealkylation sites (tertiary alicyclic amines) is 1. The van der Waals surface area contributed by atoms with Crippen molar-refractivity contribution in [1.82, 2.24) is 14.8 Å². The van der Waals surface area contributed by atoms with Crippen molar-refractivity contribution in [1.29, 1.82) is 5.26 Å². The van der Waals surface area contributed by atoms with Crippen molar-refractivity contribution >= 4 is 11.7 Å². The number of piperazine rings is 1. The second-order valence-corrected chi connectivity index (χ2v) is 10.5. The highest BCUT2D eigenvalue weighted by Gasteiger charge is 2.31. The molecule has 6 heteroatoms. The zero-order chi connectivity index (χ0) is 27.1. The Morgan fingerprint density at radius 2 is 1.61 bits per heavy atom. The van der Waals surface area contributed by atoms with E-state index >= 15 is 0 Å². The van der Waals surface area contributed by atoms with Crippen molar-refractivity contribution in [2.75, 3.05) is 44.7 Å². The second-order valence-electron chi connectivity index (χ2n) is 10.5. The molecule has 0 radical (unpaired) electrons. The summed E-state index contributed by atoms with van der Waals surface area (Å²) < 4.78 is 0. The minimum Gasteiger partial charge on any atom is -0.353 e. The van der Waals surface area contributed by atoms with Crippen LogP contribution in [0.3, 0.4) is 0 Å². The smallest absolute Gasteiger partial charge is 0.227 e.